The number of amides is 1. The number of hydrogen-bond donors (Lipinski definition) is 3. The van der Waals surface area contributed by atoms with Gasteiger partial charge in [0.25, 0.3) is 5.91 Å². The maximum atomic E-state index is 12.3. The summed E-state index contributed by atoms with van der Waals surface area (Å²) in [5.74, 6) is -1.43. The van der Waals surface area contributed by atoms with Gasteiger partial charge in [0.05, 0.1) is 6.33 Å². The number of rotatable bonds is 6. The Hall–Kier alpha value is -2.57. The Morgan fingerprint density at radius 3 is 2.95 bits per heavy atom. The topological polar surface area (TPSA) is 100 Å². The molecule has 2 heterocycles. The van der Waals surface area contributed by atoms with E-state index in [0.29, 0.717) is 17.4 Å². The second kappa shape index (κ2) is 5.43. The van der Waals surface area contributed by atoms with Gasteiger partial charge in [-0.1, -0.05) is 0 Å². The summed E-state index contributed by atoms with van der Waals surface area (Å²) in [6.45, 7) is 0. The maximum absolute atomic E-state index is 12.3. The molecule has 21 heavy (non-hydrogen) atoms. The normalized spacial score (nSPS) is 15.6. The average molecular weight is 288 g/mol. The lowest BCUT2D eigenvalue weighted by atomic mass is 10.1. The molecule has 1 amide bonds. The molecule has 3 rings (SSSR count). The molecule has 1 saturated carbocycles. The number of H-pyrrole nitrogens is 1. The van der Waals surface area contributed by atoms with Crippen LogP contribution in [0.25, 0.3) is 0 Å². The molecule has 2 aromatic heterocycles. The van der Waals surface area contributed by atoms with Crippen molar-refractivity contribution < 1.29 is 14.7 Å². The van der Waals surface area contributed by atoms with Gasteiger partial charge in [0.1, 0.15) is 11.7 Å². The molecule has 0 unspecified atom stereocenters. The van der Waals surface area contributed by atoms with Gasteiger partial charge >= 0.3 is 5.97 Å². The molecule has 0 bridgehead atoms. The molecule has 1 atom stereocenters. The van der Waals surface area contributed by atoms with Crippen LogP contribution in [0.3, 0.4) is 0 Å². The van der Waals surface area contributed by atoms with Crippen LogP contribution in [0.1, 0.15) is 35.1 Å². The summed E-state index contributed by atoms with van der Waals surface area (Å²) in [4.78, 5) is 30.3. The Kier molecular flexibility index (Phi) is 3.47. The fraction of sp³-hybridized carbons (Fsp3) is 0.357. The lowest BCUT2D eigenvalue weighted by Crippen LogP contribution is -2.43. The van der Waals surface area contributed by atoms with E-state index in [1.165, 1.54) is 6.33 Å². The number of carbonyl (C=O) groups excluding carboxylic acids is 1. The van der Waals surface area contributed by atoms with Crippen molar-refractivity contribution in [1.29, 1.82) is 0 Å². The second-order valence-corrected chi connectivity index (χ2v) is 5.18. The number of nitrogens with zero attached hydrogens (tertiary/aromatic N) is 2. The molecule has 0 spiro atoms. The van der Waals surface area contributed by atoms with E-state index in [9.17, 15) is 14.7 Å². The van der Waals surface area contributed by atoms with Crippen LogP contribution < -0.4 is 5.32 Å². The SMILES string of the molecule is O=C(N[C@H](Cc1cnc[nH]1)C(=O)O)c1cccn1C1CC1. The fourth-order valence-electron chi connectivity index (χ4n) is 2.31. The molecular formula is C14H16N4O3. The molecule has 3 N–H and O–H groups in total. The lowest BCUT2D eigenvalue weighted by Gasteiger charge is -2.15. The first kappa shape index (κ1) is 13.4. The van der Waals surface area contributed by atoms with Crippen LogP contribution in [0.15, 0.2) is 30.9 Å². The van der Waals surface area contributed by atoms with E-state index in [2.05, 4.69) is 15.3 Å². The first-order chi connectivity index (χ1) is 10.1. The Balaban J connectivity index is 1.71. The summed E-state index contributed by atoms with van der Waals surface area (Å²) in [7, 11) is 0. The van der Waals surface area contributed by atoms with Crippen molar-refractivity contribution in [1.82, 2.24) is 19.9 Å². The van der Waals surface area contributed by atoms with Gasteiger partial charge in [-0.05, 0) is 25.0 Å². The Labute approximate surface area is 121 Å². The summed E-state index contributed by atoms with van der Waals surface area (Å²) in [6.07, 6.45) is 7.18. The number of aromatic nitrogens is 3. The average Bonchev–Trinajstić information content (AvgIpc) is 2.98. The largest absolute Gasteiger partial charge is 0.480 e. The third kappa shape index (κ3) is 2.96. The highest BCUT2D eigenvalue weighted by Gasteiger charge is 2.28. The molecule has 1 aliphatic carbocycles. The smallest absolute Gasteiger partial charge is 0.326 e. The van der Waals surface area contributed by atoms with Crippen molar-refractivity contribution in [3.63, 3.8) is 0 Å². The van der Waals surface area contributed by atoms with Gasteiger partial charge in [-0.3, -0.25) is 4.79 Å². The molecule has 0 saturated heterocycles. The summed E-state index contributed by atoms with van der Waals surface area (Å²) in [5.41, 5.74) is 1.17. The zero-order valence-electron chi connectivity index (χ0n) is 11.3. The minimum Gasteiger partial charge on any atom is -0.480 e. The number of nitrogens with one attached hydrogen (secondary N) is 2. The maximum Gasteiger partial charge on any atom is 0.326 e. The predicted octanol–water partition coefficient (Wildman–Crippen LogP) is 0.972. The molecule has 0 radical (unpaired) electrons. The van der Waals surface area contributed by atoms with Crippen molar-refractivity contribution in [2.45, 2.75) is 31.3 Å². The van der Waals surface area contributed by atoms with E-state index in [1.54, 1.807) is 18.3 Å². The second-order valence-electron chi connectivity index (χ2n) is 5.18. The highest BCUT2D eigenvalue weighted by molar-refractivity contribution is 5.95. The minimum atomic E-state index is -1.07. The zero-order valence-corrected chi connectivity index (χ0v) is 11.3. The van der Waals surface area contributed by atoms with Gasteiger partial charge < -0.3 is 20.0 Å². The first-order valence-corrected chi connectivity index (χ1v) is 6.83. The summed E-state index contributed by atoms with van der Waals surface area (Å²) >= 11 is 0. The Morgan fingerprint density at radius 1 is 1.52 bits per heavy atom. The van der Waals surface area contributed by atoms with Crippen LogP contribution >= 0.6 is 0 Å². The monoisotopic (exact) mass is 288 g/mol. The summed E-state index contributed by atoms with van der Waals surface area (Å²) < 4.78 is 1.91. The van der Waals surface area contributed by atoms with E-state index in [1.807, 2.05) is 10.8 Å². The van der Waals surface area contributed by atoms with Crippen LogP contribution in [-0.4, -0.2) is 37.6 Å². The number of imidazole rings is 1. The van der Waals surface area contributed by atoms with Crippen molar-refractivity contribution in [3.05, 3.63) is 42.2 Å². The van der Waals surface area contributed by atoms with E-state index >= 15 is 0 Å². The van der Waals surface area contributed by atoms with Gasteiger partial charge in [0, 0.05) is 30.6 Å². The molecule has 110 valence electrons. The zero-order chi connectivity index (χ0) is 14.8. The molecule has 7 heteroatoms. The number of aliphatic carboxylic acids is 1. The van der Waals surface area contributed by atoms with Gasteiger partial charge in [-0.15, -0.1) is 0 Å². The van der Waals surface area contributed by atoms with Crippen LogP contribution in [0.5, 0.6) is 0 Å². The number of carboxylic acids is 1. The molecule has 0 aromatic carbocycles. The van der Waals surface area contributed by atoms with Crippen molar-refractivity contribution >= 4 is 11.9 Å². The van der Waals surface area contributed by atoms with E-state index in [0.717, 1.165) is 12.8 Å². The predicted molar refractivity (Wildman–Crippen MR) is 73.9 cm³/mol. The number of aromatic amines is 1. The van der Waals surface area contributed by atoms with E-state index < -0.39 is 12.0 Å². The highest BCUT2D eigenvalue weighted by Crippen LogP contribution is 2.35. The summed E-state index contributed by atoms with van der Waals surface area (Å²) in [5, 5.41) is 11.8. The van der Waals surface area contributed by atoms with Crippen LogP contribution in [0.2, 0.25) is 0 Å². The number of carbonyl (C=O) groups is 2. The van der Waals surface area contributed by atoms with Crippen molar-refractivity contribution in [2.75, 3.05) is 0 Å². The van der Waals surface area contributed by atoms with Crippen LogP contribution in [0, 0.1) is 0 Å². The lowest BCUT2D eigenvalue weighted by molar-refractivity contribution is -0.139. The number of hydrogen-bond acceptors (Lipinski definition) is 3. The molecule has 1 fully saturated rings. The molecular weight excluding hydrogens is 272 g/mol. The minimum absolute atomic E-state index is 0.172. The third-order valence-electron chi connectivity index (χ3n) is 3.53. The first-order valence-electron chi connectivity index (χ1n) is 6.83. The quantitative estimate of drug-likeness (QED) is 0.737. The van der Waals surface area contributed by atoms with Gasteiger partial charge in [-0.25, -0.2) is 9.78 Å². The van der Waals surface area contributed by atoms with Crippen molar-refractivity contribution in [3.8, 4) is 0 Å². The molecule has 2 aromatic rings. The number of carboxylic acid groups (broad SMARTS) is 1. The fourth-order valence-corrected chi connectivity index (χ4v) is 2.31. The van der Waals surface area contributed by atoms with Gasteiger partial charge in [0.2, 0.25) is 0 Å². The summed E-state index contributed by atoms with van der Waals surface area (Å²) in [6, 6.07) is 2.90. The van der Waals surface area contributed by atoms with Gasteiger partial charge in [-0.2, -0.15) is 0 Å². The molecule has 0 aliphatic heterocycles. The molecule has 1 aliphatic rings. The van der Waals surface area contributed by atoms with E-state index in [-0.39, 0.29) is 12.3 Å². The van der Waals surface area contributed by atoms with Gasteiger partial charge in [0.15, 0.2) is 0 Å². The standard InChI is InChI=1S/C14H16N4O3/c19-13(12-2-1-5-18(12)10-3-4-10)17-11(14(20)21)6-9-7-15-8-16-9/h1-2,5,7-8,10-11H,3-4,6H2,(H,15,16)(H,17,19)(H,20,21)/t11-/m1/s1. The van der Waals surface area contributed by atoms with Crippen LogP contribution in [-0.2, 0) is 11.2 Å². The van der Waals surface area contributed by atoms with E-state index in [4.69, 9.17) is 0 Å². The van der Waals surface area contributed by atoms with Crippen LogP contribution in [0.4, 0.5) is 0 Å². The molecule has 7 nitrogen and oxygen atoms in total. The third-order valence-corrected chi connectivity index (χ3v) is 3.53. The highest BCUT2D eigenvalue weighted by atomic mass is 16.4. The Bertz CT molecular complexity index is 643. The Morgan fingerprint density at radius 2 is 2.33 bits per heavy atom. The van der Waals surface area contributed by atoms with Crippen molar-refractivity contribution in [2.24, 2.45) is 0 Å².